The Labute approximate surface area is 147 Å². The van der Waals surface area contributed by atoms with Crippen molar-refractivity contribution in [3.05, 3.63) is 36.2 Å². The topological polar surface area (TPSA) is 99.4 Å². The van der Waals surface area contributed by atoms with E-state index in [1.165, 1.54) is 31.5 Å². The normalized spacial score (nSPS) is 12.4. The van der Waals surface area contributed by atoms with Gasteiger partial charge in [-0.05, 0) is 25.0 Å². The molecule has 1 aromatic carbocycles. The Morgan fingerprint density at radius 3 is 2.54 bits per heavy atom. The lowest BCUT2D eigenvalue weighted by molar-refractivity contribution is -0.274. The maximum absolute atomic E-state index is 12.4. The number of amides is 1. The summed E-state index contributed by atoms with van der Waals surface area (Å²) in [5.74, 6) is -0.690. The van der Waals surface area contributed by atoms with Gasteiger partial charge >= 0.3 is 12.4 Å². The number of anilines is 1. The van der Waals surface area contributed by atoms with E-state index >= 15 is 0 Å². The molecule has 10 heteroatoms. The number of nitrogens with one attached hydrogen (secondary N) is 1. The maximum Gasteiger partial charge on any atom is 0.573 e. The van der Waals surface area contributed by atoms with Gasteiger partial charge in [0.2, 0.25) is 5.91 Å². The number of nitrogens with zero attached hydrogens (tertiary/aromatic N) is 2. The fraction of sp³-hybridized carbons (Fsp3) is 0.312. The van der Waals surface area contributed by atoms with Crippen molar-refractivity contribution in [2.45, 2.75) is 32.7 Å². The Morgan fingerprint density at radius 2 is 1.96 bits per heavy atom. The molecule has 0 unspecified atom stereocenters. The van der Waals surface area contributed by atoms with Gasteiger partial charge in [0.15, 0.2) is 0 Å². The third-order valence-corrected chi connectivity index (χ3v) is 3.27. The monoisotopic (exact) mass is 370 g/mol. The van der Waals surface area contributed by atoms with E-state index in [1.54, 1.807) is 6.92 Å². The lowest BCUT2D eigenvalue weighted by Crippen LogP contribution is -2.34. The maximum atomic E-state index is 12.4. The molecule has 2 rings (SSSR count). The van der Waals surface area contributed by atoms with Crippen LogP contribution >= 0.6 is 0 Å². The lowest BCUT2D eigenvalue weighted by atomic mass is 10.2. The molecule has 0 fully saturated rings. The molecule has 0 aliphatic carbocycles. The zero-order chi connectivity index (χ0) is 19.3. The van der Waals surface area contributed by atoms with Crippen LogP contribution < -0.4 is 20.5 Å². The molecular weight excluding hydrogens is 353 g/mol. The lowest BCUT2D eigenvalue weighted by Gasteiger charge is -2.13. The average molecular weight is 370 g/mol. The molecule has 1 heterocycles. The summed E-state index contributed by atoms with van der Waals surface area (Å²) in [6, 6.07) is 3.20. The van der Waals surface area contributed by atoms with Gasteiger partial charge in [-0.3, -0.25) is 4.79 Å². The number of aromatic nitrogens is 2. The van der Waals surface area contributed by atoms with Crippen LogP contribution in [-0.2, 0) is 4.79 Å². The van der Waals surface area contributed by atoms with E-state index in [-0.39, 0.29) is 23.4 Å². The Bertz CT molecular complexity index is 766. The molecule has 0 radical (unpaired) electrons. The van der Waals surface area contributed by atoms with Crippen LogP contribution in [-0.4, -0.2) is 28.3 Å². The molecule has 0 aliphatic heterocycles. The van der Waals surface area contributed by atoms with E-state index < -0.39 is 12.4 Å². The van der Waals surface area contributed by atoms with Crippen LogP contribution in [0.15, 0.2) is 30.6 Å². The second-order valence-electron chi connectivity index (χ2n) is 5.34. The first-order valence-electron chi connectivity index (χ1n) is 7.60. The summed E-state index contributed by atoms with van der Waals surface area (Å²) in [5, 5.41) is 2.54. The van der Waals surface area contributed by atoms with Gasteiger partial charge in [0.25, 0.3) is 0 Å². The van der Waals surface area contributed by atoms with Crippen molar-refractivity contribution in [3.63, 3.8) is 0 Å². The zero-order valence-corrected chi connectivity index (χ0v) is 14.0. The van der Waals surface area contributed by atoms with Gasteiger partial charge in [-0.2, -0.15) is 0 Å². The second kappa shape index (κ2) is 8.00. The predicted molar refractivity (Wildman–Crippen MR) is 86.9 cm³/mol. The van der Waals surface area contributed by atoms with Crippen LogP contribution in [0.25, 0.3) is 0 Å². The van der Waals surface area contributed by atoms with Crippen molar-refractivity contribution in [3.8, 4) is 17.5 Å². The smallest absolute Gasteiger partial charge is 0.424 e. The van der Waals surface area contributed by atoms with Gasteiger partial charge in [0.1, 0.15) is 11.5 Å². The largest absolute Gasteiger partial charge is 0.573 e. The number of halogens is 3. The van der Waals surface area contributed by atoms with Gasteiger partial charge < -0.3 is 20.5 Å². The van der Waals surface area contributed by atoms with Crippen molar-refractivity contribution >= 4 is 11.6 Å². The summed E-state index contributed by atoms with van der Waals surface area (Å²) in [5.41, 5.74) is 6.21. The standard InChI is InChI=1S/C16H17F3N4O3/c1-3-12(20)14(24)23-10-7-21-15(22-8-10)25-11-5-4-9(2)13(6-11)26-16(17,18)19/h4-8,12H,3,20H2,1-2H3,(H,23,24)/t12-/m1/s1. The molecule has 140 valence electrons. The van der Waals surface area contributed by atoms with Crippen LogP contribution in [0.1, 0.15) is 18.9 Å². The van der Waals surface area contributed by atoms with Gasteiger partial charge in [-0.15, -0.1) is 13.2 Å². The number of carbonyl (C=O) groups is 1. The molecular formula is C16H17F3N4O3. The SMILES string of the molecule is CC[C@@H](N)C(=O)Nc1cnc(Oc2ccc(C)c(OC(F)(F)F)c2)nc1. The van der Waals surface area contributed by atoms with Gasteiger partial charge in [0, 0.05) is 6.07 Å². The third kappa shape index (κ3) is 5.59. The van der Waals surface area contributed by atoms with Crippen LogP contribution in [0.3, 0.4) is 0 Å². The summed E-state index contributed by atoms with van der Waals surface area (Å²) in [6.07, 6.45) is -1.74. The van der Waals surface area contributed by atoms with Crippen LogP contribution in [0, 0.1) is 6.92 Å². The average Bonchev–Trinajstić information content (AvgIpc) is 2.57. The van der Waals surface area contributed by atoms with Crippen molar-refractivity contribution in [1.82, 2.24) is 9.97 Å². The van der Waals surface area contributed by atoms with E-state index in [2.05, 4.69) is 20.0 Å². The van der Waals surface area contributed by atoms with Crippen molar-refractivity contribution in [2.75, 3.05) is 5.32 Å². The zero-order valence-electron chi connectivity index (χ0n) is 14.0. The minimum Gasteiger partial charge on any atom is -0.424 e. The molecule has 0 spiro atoms. The van der Waals surface area contributed by atoms with E-state index in [0.717, 1.165) is 6.07 Å². The summed E-state index contributed by atoms with van der Waals surface area (Å²) in [6.45, 7) is 3.25. The summed E-state index contributed by atoms with van der Waals surface area (Å²) in [4.78, 5) is 19.4. The summed E-state index contributed by atoms with van der Waals surface area (Å²) in [7, 11) is 0. The quantitative estimate of drug-likeness (QED) is 0.810. The molecule has 0 saturated carbocycles. The number of ether oxygens (including phenoxy) is 2. The number of nitrogens with two attached hydrogens (primary N) is 1. The van der Waals surface area contributed by atoms with Gasteiger partial charge in [0.05, 0.1) is 24.1 Å². The fourth-order valence-corrected chi connectivity index (χ4v) is 1.84. The Kier molecular flexibility index (Phi) is 5.98. The minimum absolute atomic E-state index is 0.0691. The van der Waals surface area contributed by atoms with E-state index in [9.17, 15) is 18.0 Å². The molecule has 0 saturated heterocycles. The first kappa shape index (κ1) is 19.4. The molecule has 1 amide bonds. The highest BCUT2D eigenvalue weighted by Crippen LogP contribution is 2.31. The first-order valence-corrected chi connectivity index (χ1v) is 7.60. The van der Waals surface area contributed by atoms with Crippen molar-refractivity contribution in [1.29, 1.82) is 0 Å². The number of hydrogen-bond donors (Lipinski definition) is 2. The first-order chi connectivity index (χ1) is 12.2. The number of benzene rings is 1. The molecule has 0 aliphatic rings. The van der Waals surface area contributed by atoms with E-state index in [1.807, 2.05) is 0 Å². The summed E-state index contributed by atoms with van der Waals surface area (Å²) >= 11 is 0. The van der Waals surface area contributed by atoms with Gasteiger partial charge in [-0.25, -0.2) is 9.97 Å². The number of hydrogen-bond acceptors (Lipinski definition) is 6. The number of aryl methyl sites for hydroxylation is 1. The highest BCUT2D eigenvalue weighted by Gasteiger charge is 2.32. The molecule has 26 heavy (non-hydrogen) atoms. The Morgan fingerprint density at radius 1 is 1.31 bits per heavy atom. The Hall–Kier alpha value is -2.88. The van der Waals surface area contributed by atoms with Crippen LogP contribution in [0.5, 0.6) is 17.5 Å². The number of rotatable bonds is 6. The van der Waals surface area contributed by atoms with Crippen LogP contribution in [0.2, 0.25) is 0 Å². The number of alkyl halides is 3. The molecule has 1 atom stereocenters. The highest BCUT2D eigenvalue weighted by atomic mass is 19.4. The predicted octanol–water partition coefficient (Wildman–Crippen LogP) is 3.15. The van der Waals surface area contributed by atoms with Gasteiger partial charge in [-0.1, -0.05) is 13.0 Å². The highest BCUT2D eigenvalue weighted by molar-refractivity contribution is 5.94. The molecule has 3 N–H and O–H groups in total. The second-order valence-corrected chi connectivity index (χ2v) is 5.34. The molecule has 2 aromatic rings. The fourth-order valence-electron chi connectivity index (χ4n) is 1.84. The minimum atomic E-state index is -4.81. The van der Waals surface area contributed by atoms with Crippen LogP contribution in [0.4, 0.5) is 18.9 Å². The molecule has 7 nitrogen and oxygen atoms in total. The Balaban J connectivity index is 2.07. The van der Waals surface area contributed by atoms with E-state index in [4.69, 9.17) is 10.5 Å². The van der Waals surface area contributed by atoms with Crippen molar-refractivity contribution < 1.29 is 27.4 Å². The van der Waals surface area contributed by atoms with E-state index in [0.29, 0.717) is 17.7 Å². The summed E-state index contributed by atoms with van der Waals surface area (Å²) < 4.78 is 46.4. The molecule has 0 bridgehead atoms. The van der Waals surface area contributed by atoms with Crippen molar-refractivity contribution in [2.24, 2.45) is 5.73 Å². The third-order valence-electron chi connectivity index (χ3n) is 3.27. The molecule has 1 aromatic heterocycles. The number of carbonyl (C=O) groups excluding carboxylic acids is 1.